The van der Waals surface area contributed by atoms with Crippen LogP contribution < -0.4 is 19.5 Å². The van der Waals surface area contributed by atoms with E-state index < -0.39 is 10.0 Å². The molecule has 0 radical (unpaired) electrons. The van der Waals surface area contributed by atoms with Gasteiger partial charge in [-0.2, -0.15) is 0 Å². The number of carbonyl (C=O) groups is 1. The van der Waals surface area contributed by atoms with Crippen molar-refractivity contribution in [2.45, 2.75) is 18.4 Å². The molecule has 2 N–H and O–H groups in total. The van der Waals surface area contributed by atoms with Crippen LogP contribution in [0, 0.1) is 0 Å². The molecule has 8 heteroatoms. The summed E-state index contributed by atoms with van der Waals surface area (Å²) in [6, 6.07) is 11.2. The molecule has 1 aliphatic rings. The van der Waals surface area contributed by atoms with Gasteiger partial charge in [-0.1, -0.05) is 13.0 Å². The predicted octanol–water partition coefficient (Wildman–Crippen LogP) is 1.64. The molecule has 25 heavy (non-hydrogen) atoms. The molecular formula is C17H18N2O5S. The first-order valence-corrected chi connectivity index (χ1v) is 9.24. The van der Waals surface area contributed by atoms with Crippen molar-refractivity contribution in [3.05, 3.63) is 53.6 Å². The maximum atomic E-state index is 12.2. The van der Waals surface area contributed by atoms with Gasteiger partial charge in [-0.3, -0.25) is 4.79 Å². The number of amides is 1. The van der Waals surface area contributed by atoms with E-state index in [2.05, 4.69) is 10.0 Å². The van der Waals surface area contributed by atoms with E-state index in [4.69, 9.17) is 9.47 Å². The van der Waals surface area contributed by atoms with Crippen LogP contribution in [0.1, 0.15) is 22.8 Å². The van der Waals surface area contributed by atoms with Crippen molar-refractivity contribution >= 4 is 15.9 Å². The molecule has 0 bridgehead atoms. The number of benzene rings is 2. The Morgan fingerprint density at radius 1 is 1.08 bits per heavy atom. The second kappa shape index (κ2) is 7.12. The van der Waals surface area contributed by atoms with Crippen molar-refractivity contribution in [3.8, 4) is 11.5 Å². The molecule has 0 unspecified atom stereocenters. The highest BCUT2D eigenvalue weighted by Gasteiger charge is 2.15. The van der Waals surface area contributed by atoms with Gasteiger partial charge < -0.3 is 14.8 Å². The molecule has 0 atom stereocenters. The third-order valence-corrected chi connectivity index (χ3v) is 5.21. The summed E-state index contributed by atoms with van der Waals surface area (Å²) in [7, 11) is -3.52. The summed E-state index contributed by atoms with van der Waals surface area (Å²) in [5.41, 5.74) is 1.26. The Morgan fingerprint density at radius 2 is 1.80 bits per heavy atom. The van der Waals surface area contributed by atoms with Crippen LogP contribution >= 0.6 is 0 Å². The van der Waals surface area contributed by atoms with E-state index in [0.29, 0.717) is 30.2 Å². The molecule has 0 saturated carbocycles. The van der Waals surface area contributed by atoms with Crippen molar-refractivity contribution < 1.29 is 22.7 Å². The third-order valence-electron chi connectivity index (χ3n) is 3.65. The van der Waals surface area contributed by atoms with Gasteiger partial charge in [0.05, 0.1) is 4.90 Å². The lowest BCUT2D eigenvalue weighted by Crippen LogP contribution is -2.24. The fraction of sp³-hybridized carbons (Fsp3) is 0.235. The molecule has 7 nitrogen and oxygen atoms in total. The Morgan fingerprint density at radius 3 is 2.52 bits per heavy atom. The van der Waals surface area contributed by atoms with E-state index in [1.165, 1.54) is 24.3 Å². The summed E-state index contributed by atoms with van der Waals surface area (Å²) in [6.45, 7) is 2.54. The van der Waals surface area contributed by atoms with Crippen LogP contribution in [0.3, 0.4) is 0 Å². The normalized spacial score (nSPS) is 12.8. The standard InChI is InChI=1S/C17H18N2O5S/c1-2-19-25(21,22)14-6-4-13(5-7-14)17(20)18-10-12-3-8-15-16(9-12)24-11-23-15/h3-9,19H,2,10-11H2,1H3,(H,18,20). The molecule has 2 aromatic carbocycles. The van der Waals surface area contributed by atoms with Gasteiger partial charge in [-0.25, -0.2) is 13.1 Å². The minimum atomic E-state index is -3.52. The van der Waals surface area contributed by atoms with Crippen molar-refractivity contribution in [3.63, 3.8) is 0 Å². The van der Waals surface area contributed by atoms with Crippen LogP contribution in [0.4, 0.5) is 0 Å². The van der Waals surface area contributed by atoms with Gasteiger partial charge in [0.2, 0.25) is 16.8 Å². The van der Waals surface area contributed by atoms with Crippen molar-refractivity contribution in [1.29, 1.82) is 0 Å². The van der Waals surface area contributed by atoms with E-state index in [0.717, 1.165) is 5.56 Å². The van der Waals surface area contributed by atoms with E-state index in [9.17, 15) is 13.2 Å². The zero-order valence-corrected chi connectivity index (χ0v) is 14.4. The average molecular weight is 362 g/mol. The van der Waals surface area contributed by atoms with E-state index in [1.807, 2.05) is 12.1 Å². The Balaban J connectivity index is 1.63. The second-order valence-corrected chi connectivity index (χ2v) is 7.16. The van der Waals surface area contributed by atoms with Gasteiger partial charge in [0.25, 0.3) is 5.91 Å². The van der Waals surface area contributed by atoms with Gasteiger partial charge in [0.15, 0.2) is 11.5 Å². The highest BCUT2D eigenvalue weighted by molar-refractivity contribution is 7.89. The number of carbonyl (C=O) groups excluding carboxylic acids is 1. The van der Waals surface area contributed by atoms with Crippen LogP contribution in [-0.4, -0.2) is 27.7 Å². The summed E-state index contributed by atoms with van der Waals surface area (Å²) < 4.78 is 36.7. The monoisotopic (exact) mass is 362 g/mol. The molecular weight excluding hydrogens is 344 g/mol. The predicted molar refractivity (Wildman–Crippen MR) is 91.0 cm³/mol. The summed E-state index contributed by atoms with van der Waals surface area (Å²) in [5, 5.41) is 2.79. The first-order valence-electron chi connectivity index (χ1n) is 7.76. The molecule has 3 rings (SSSR count). The quantitative estimate of drug-likeness (QED) is 0.815. The summed E-state index contributed by atoms with van der Waals surface area (Å²) in [5.74, 6) is 1.06. The molecule has 0 aromatic heterocycles. The maximum absolute atomic E-state index is 12.2. The number of hydrogen-bond donors (Lipinski definition) is 2. The van der Waals surface area contributed by atoms with Crippen LogP contribution in [0.25, 0.3) is 0 Å². The van der Waals surface area contributed by atoms with Gasteiger partial charge in [-0.05, 0) is 42.0 Å². The number of ether oxygens (including phenoxy) is 2. The van der Waals surface area contributed by atoms with Crippen molar-refractivity contribution in [2.24, 2.45) is 0 Å². The Labute approximate surface area is 146 Å². The Kier molecular flexibility index (Phi) is 4.91. The molecule has 1 amide bonds. The number of nitrogens with one attached hydrogen (secondary N) is 2. The summed E-state index contributed by atoms with van der Waals surface area (Å²) in [6.07, 6.45) is 0. The van der Waals surface area contributed by atoms with E-state index >= 15 is 0 Å². The van der Waals surface area contributed by atoms with Crippen LogP contribution in [0.2, 0.25) is 0 Å². The molecule has 0 aliphatic carbocycles. The zero-order valence-electron chi connectivity index (χ0n) is 13.6. The third kappa shape index (κ3) is 3.92. The Bertz CT molecular complexity index is 878. The largest absolute Gasteiger partial charge is 0.454 e. The molecule has 0 fully saturated rings. The van der Waals surface area contributed by atoms with Crippen LogP contribution in [0.5, 0.6) is 11.5 Å². The van der Waals surface area contributed by atoms with E-state index in [-0.39, 0.29) is 17.6 Å². The fourth-order valence-corrected chi connectivity index (χ4v) is 3.44. The fourth-order valence-electron chi connectivity index (χ4n) is 2.39. The lowest BCUT2D eigenvalue weighted by atomic mass is 10.2. The summed E-state index contributed by atoms with van der Waals surface area (Å²) in [4.78, 5) is 12.3. The number of sulfonamides is 1. The smallest absolute Gasteiger partial charge is 0.251 e. The van der Waals surface area contributed by atoms with Crippen LogP contribution in [-0.2, 0) is 16.6 Å². The molecule has 2 aromatic rings. The molecule has 0 saturated heterocycles. The molecule has 132 valence electrons. The average Bonchev–Trinajstić information content (AvgIpc) is 3.07. The van der Waals surface area contributed by atoms with Crippen molar-refractivity contribution in [2.75, 3.05) is 13.3 Å². The minimum absolute atomic E-state index is 0.127. The van der Waals surface area contributed by atoms with Crippen LogP contribution in [0.15, 0.2) is 47.4 Å². The first-order chi connectivity index (χ1) is 12.0. The SMILES string of the molecule is CCNS(=O)(=O)c1ccc(C(=O)NCc2ccc3c(c2)OCO3)cc1. The minimum Gasteiger partial charge on any atom is -0.454 e. The molecule has 0 spiro atoms. The molecule has 1 heterocycles. The molecule has 1 aliphatic heterocycles. The lowest BCUT2D eigenvalue weighted by molar-refractivity contribution is 0.0950. The number of hydrogen-bond acceptors (Lipinski definition) is 5. The first kappa shape index (κ1) is 17.2. The van der Waals surface area contributed by atoms with Gasteiger partial charge in [0, 0.05) is 18.7 Å². The maximum Gasteiger partial charge on any atom is 0.251 e. The summed E-state index contributed by atoms with van der Waals surface area (Å²) >= 11 is 0. The highest BCUT2D eigenvalue weighted by atomic mass is 32.2. The van der Waals surface area contributed by atoms with Crippen molar-refractivity contribution in [1.82, 2.24) is 10.0 Å². The van der Waals surface area contributed by atoms with E-state index in [1.54, 1.807) is 13.0 Å². The van der Waals surface area contributed by atoms with Gasteiger partial charge >= 0.3 is 0 Å². The van der Waals surface area contributed by atoms with Gasteiger partial charge in [0.1, 0.15) is 0 Å². The number of fused-ring (bicyclic) bond motifs is 1. The lowest BCUT2D eigenvalue weighted by Gasteiger charge is -2.08. The Hall–Kier alpha value is -2.58. The number of rotatable bonds is 6. The second-order valence-electron chi connectivity index (χ2n) is 5.40. The zero-order chi connectivity index (χ0) is 17.9. The highest BCUT2D eigenvalue weighted by Crippen LogP contribution is 2.32. The topological polar surface area (TPSA) is 93.7 Å². The van der Waals surface area contributed by atoms with Gasteiger partial charge in [-0.15, -0.1) is 0 Å².